The Labute approximate surface area is 208 Å². The van der Waals surface area contributed by atoms with Gasteiger partial charge < -0.3 is 16.0 Å². The molecular weight excluding hydrogens is 440 g/mol. The number of anilines is 1. The maximum atomic E-state index is 12.4. The van der Waals surface area contributed by atoms with Gasteiger partial charge >= 0.3 is 0 Å². The molecule has 2 aliphatic carbocycles. The van der Waals surface area contributed by atoms with Crippen molar-refractivity contribution in [2.24, 2.45) is 5.92 Å². The Morgan fingerprint density at radius 1 is 1.24 bits per heavy atom. The number of carbonyl (C=O) groups is 1. The number of thiazole rings is 1. The fourth-order valence-electron chi connectivity index (χ4n) is 5.59. The van der Waals surface area contributed by atoms with Crippen molar-refractivity contribution in [3.05, 3.63) is 52.0 Å². The number of nitrogens with zero attached hydrogens (tertiary/aromatic N) is 2. The summed E-state index contributed by atoms with van der Waals surface area (Å²) in [5.74, 6) is 0.799. The molecule has 2 aliphatic rings. The van der Waals surface area contributed by atoms with Gasteiger partial charge in [-0.3, -0.25) is 4.79 Å². The lowest BCUT2D eigenvalue weighted by Gasteiger charge is -2.36. The van der Waals surface area contributed by atoms with E-state index < -0.39 is 0 Å². The van der Waals surface area contributed by atoms with Crippen molar-refractivity contribution in [1.29, 1.82) is 0 Å². The number of benzene rings is 1. The molecule has 34 heavy (non-hydrogen) atoms. The van der Waals surface area contributed by atoms with Gasteiger partial charge in [0.15, 0.2) is 5.13 Å². The fraction of sp³-hybridized carbons (Fsp3) is 0.571. The van der Waals surface area contributed by atoms with Crippen molar-refractivity contribution in [3.8, 4) is 0 Å². The second-order valence-corrected chi connectivity index (χ2v) is 11.2. The first-order chi connectivity index (χ1) is 16.5. The highest BCUT2D eigenvalue weighted by molar-refractivity contribution is 7.15. The molecule has 0 saturated heterocycles. The normalized spacial score (nSPS) is 22.7. The monoisotopic (exact) mass is 480 g/mol. The first-order valence-corrected chi connectivity index (χ1v) is 13.8. The number of rotatable bonds is 9. The molecule has 1 heterocycles. The number of fused-ring (bicyclic) bond motifs is 1. The van der Waals surface area contributed by atoms with Crippen molar-refractivity contribution in [1.82, 2.24) is 15.2 Å². The van der Waals surface area contributed by atoms with E-state index in [1.807, 2.05) is 18.2 Å². The summed E-state index contributed by atoms with van der Waals surface area (Å²) in [5.41, 5.74) is 9.47. The first-order valence-electron chi connectivity index (χ1n) is 13.0. The predicted octanol–water partition coefficient (Wildman–Crippen LogP) is 5.38. The maximum Gasteiger partial charge on any atom is 0.244 e. The second kappa shape index (κ2) is 12.0. The molecule has 0 bridgehead atoms. The smallest absolute Gasteiger partial charge is 0.244 e. The molecule has 5 nitrogen and oxygen atoms in total. The molecule has 1 unspecified atom stereocenters. The third-order valence-electron chi connectivity index (χ3n) is 7.44. The Hall–Kier alpha value is -2.18. The molecule has 4 rings (SSSR count). The number of aryl methyl sites for hydroxylation is 2. The van der Waals surface area contributed by atoms with Crippen LogP contribution in [0.2, 0.25) is 0 Å². The summed E-state index contributed by atoms with van der Waals surface area (Å²) in [4.78, 5) is 21.0. The van der Waals surface area contributed by atoms with Gasteiger partial charge in [-0.25, -0.2) is 4.98 Å². The van der Waals surface area contributed by atoms with Crippen LogP contribution < -0.4 is 11.1 Å². The molecule has 2 aromatic rings. The lowest BCUT2D eigenvalue weighted by atomic mass is 9.83. The number of nitrogens with two attached hydrogens (primary N) is 1. The highest BCUT2D eigenvalue weighted by Crippen LogP contribution is 2.32. The lowest BCUT2D eigenvalue weighted by molar-refractivity contribution is -0.117. The third-order valence-corrected chi connectivity index (χ3v) is 8.39. The molecular formula is C28H40N4OS. The summed E-state index contributed by atoms with van der Waals surface area (Å²) in [6.07, 6.45) is 14.0. The maximum absolute atomic E-state index is 12.4. The van der Waals surface area contributed by atoms with Crippen LogP contribution in [0, 0.1) is 12.8 Å². The number of hydrogen-bond donors (Lipinski definition) is 2. The summed E-state index contributed by atoms with van der Waals surface area (Å²) in [5, 5.41) is 3.95. The van der Waals surface area contributed by atoms with Crippen LogP contribution in [-0.2, 0) is 17.6 Å². The van der Waals surface area contributed by atoms with Gasteiger partial charge in [0.1, 0.15) is 0 Å². The Bertz CT molecular complexity index is 977. The minimum Gasteiger partial charge on any atom is -0.375 e. The Morgan fingerprint density at radius 2 is 2.06 bits per heavy atom. The molecule has 0 radical (unpaired) electrons. The van der Waals surface area contributed by atoms with E-state index in [0.717, 1.165) is 42.3 Å². The second-order valence-electron chi connectivity index (χ2n) is 10.1. The fourth-order valence-corrected chi connectivity index (χ4v) is 6.54. The van der Waals surface area contributed by atoms with Crippen molar-refractivity contribution < 1.29 is 4.79 Å². The van der Waals surface area contributed by atoms with E-state index in [2.05, 4.69) is 41.2 Å². The van der Waals surface area contributed by atoms with Gasteiger partial charge in [-0.1, -0.05) is 36.8 Å². The largest absolute Gasteiger partial charge is 0.375 e. The summed E-state index contributed by atoms with van der Waals surface area (Å²) >= 11 is 1.68. The number of aromatic nitrogens is 1. The van der Waals surface area contributed by atoms with Gasteiger partial charge in [-0.15, -0.1) is 11.3 Å². The van der Waals surface area contributed by atoms with Gasteiger partial charge in [0, 0.05) is 23.0 Å². The Balaban J connectivity index is 1.20. The first kappa shape index (κ1) is 24.9. The molecule has 1 atom stereocenters. The summed E-state index contributed by atoms with van der Waals surface area (Å²) in [6, 6.07) is 9.16. The molecule has 1 fully saturated rings. The van der Waals surface area contributed by atoms with Crippen LogP contribution >= 0.6 is 11.3 Å². The van der Waals surface area contributed by atoms with Crippen LogP contribution in [0.4, 0.5) is 5.13 Å². The van der Waals surface area contributed by atoms with Gasteiger partial charge in [-0.05, 0) is 95.4 Å². The summed E-state index contributed by atoms with van der Waals surface area (Å²) in [6.45, 7) is 6.71. The van der Waals surface area contributed by atoms with E-state index in [1.165, 1.54) is 61.3 Å². The summed E-state index contributed by atoms with van der Waals surface area (Å²) in [7, 11) is 0. The zero-order valence-electron chi connectivity index (χ0n) is 20.8. The molecule has 1 aromatic heterocycles. The van der Waals surface area contributed by atoms with Crippen LogP contribution in [0.1, 0.15) is 73.6 Å². The molecule has 6 heteroatoms. The quantitative estimate of drug-likeness (QED) is 0.473. The third kappa shape index (κ3) is 6.92. The predicted molar refractivity (Wildman–Crippen MR) is 143 cm³/mol. The molecule has 0 aliphatic heterocycles. The SMILES string of the molecule is CCCN(CCC1CCC(NC(=O)/C=C/c2cccc(C)c2)CC1)C1CCc2nc(N)sc2C1. The van der Waals surface area contributed by atoms with E-state index >= 15 is 0 Å². The Kier molecular flexibility index (Phi) is 8.79. The van der Waals surface area contributed by atoms with E-state index in [0.29, 0.717) is 12.1 Å². The average molecular weight is 481 g/mol. The van der Waals surface area contributed by atoms with Gasteiger partial charge in [0.2, 0.25) is 5.91 Å². The highest BCUT2D eigenvalue weighted by atomic mass is 32.1. The highest BCUT2D eigenvalue weighted by Gasteiger charge is 2.28. The number of amides is 1. The van der Waals surface area contributed by atoms with Crippen molar-refractivity contribution in [2.45, 2.75) is 83.7 Å². The van der Waals surface area contributed by atoms with Gasteiger partial charge in [-0.2, -0.15) is 0 Å². The van der Waals surface area contributed by atoms with Crippen molar-refractivity contribution in [3.63, 3.8) is 0 Å². The molecule has 1 saturated carbocycles. The lowest BCUT2D eigenvalue weighted by Crippen LogP contribution is -2.41. The molecule has 0 spiro atoms. The topological polar surface area (TPSA) is 71.2 Å². The number of carbonyl (C=O) groups excluding carboxylic acids is 1. The zero-order chi connectivity index (χ0) is 23.9. The Morgan fingerprint density at radius 3 is 2.82 bits per heavy atom. The number of nitrogen functional groups attached to an aromatic ring is 1. The standard InChI is InChI=1S/C28H40N4OS/c1-3-16-32(24-12-13-25-26(19-24)34-28(29)31-25)17-15-21-7-10-23(11-8-21)30-27(33)14-9-22-6-4-5-20(2)18-22/h4-6,9,14,18,21,23-24H,3,7-8,10-13,15-17,19H2,1-2H3,(H2,29,31)(H,30,33)/b14-9+. The number of hydrogen-bond acceptors (Lipinski definition) is 5. The van der Waals surface area contributed by atoms with Crippen LogP contribution in [-0.4, -0.2) is 41.0 Å². The van der Waals surface area contributed by atoms with E-state index in [-0.39, 0.29) is 5.91 Å². The van der Waals surface area contributed by atoms with Crippen LogP contribution in [0.25, 0.3) is 6.08 Å². The molecule has 3 N–H and O–H groups in total. The van der Waals surface area contributed by atoms with Crippen LogP contribution in [0.15, 0.2) is 30.3 Å². The van der Waals surface area contributed by atoms with E-state index in [4.69, 9.17) is 5.73 Å². The van der Waals surface area contributed by atoms with Gasteiger partial charge in [0.25, 0.3) is 0 Å². The molecule has 1 amide bonds. The molecule has 1 aromatic carbocycles. The minimum atomic E-state index is 0.0273. The van der Waals surface area contributed by atoms with Crippen molar-refractivity contribution in [2.75, 3.05) is 18.8 Å². The van der Waals surface area contributed by atoms with E-state index in [1.54, 1.807) is 17.4 Å². The van der Waals surface area contributed by atoms with Crippen molar-refractivity contribution >= 4 is 28.5 Å². The van der Waals surface area contributed by atoms with E-state index in [9.17, 15) is 4.79 Å². The molecule has 184 valence electrons. The zero-order valence-corrected chi connectivity index (χ0v) is 21.6. The minimum absolute atomic E-state index is 0.0273. The number of nitrogens with one attached hydrogen (secondary N) is 1. The van der Waals surface area contributed by atoms with Crippen LogP contribution in [0.3, 0.4) is 0 Å². The van der Waals surface area contributed by atoms with Gasteiger partial charge in [0.05, 0.1) is 5.69 Å². The van der Waals surface area contributed by atoms with Crippen LogP contribution in [0.5, 0.6) is 0 Å². The average Bonchev–Trinajstić information content (AvgIpc) is 3.20. The summed E-state index contributed by atoms with van der Waals surface area (Å²) < 4.78 is 0.